The van der Waals surface area contributed by atoms with Crippen molar-refractivity contribution in [3.63, 3.8) is 0 Å². The fourth-order valence-corrected chi connectivity index (χ4v) is 7.69. The van der Waals surface area contributed by atoms with Crippen LogP contribution in [0, 0.1) is 29.6 Å². The van der Waals surface area contributed by atoms with Crippen molar-refractivity contribution < 1.29 is 67.7 Å². The lowest BCUT2D eigenvalue weighted by Crippen LogP contribution is -2.51. The molecule has 1 aromatic carbocycles. The van der Waals surface area contributed by atoms with Crippen molar-refractivity contribution in [3.8, 4) is 5.75 Å². The molecule has 1 heterocycles. The smallest absolute Gasteiger partial charge is 0.228 e. The second kappa shape index (κ2) is 26.7. The lowest BCUT2D eigenvalue weighted by molar-refractivity contribution is -0.142. The number of nitrogens with one attached hydrogen (secondary N) is 4. The highest BCUT2D eigenvalue weighted by atomic mass is 16.3. The Hall–Kier alpha value is -6.38. The van der Waals surface area contributed by atoms with Crippen LogP contribution < -0.4 is 32.7 Å². The van der Waals surface area contributed by atoms with Crippen molar-refractivity contribution >= 4 is 70.3 Å². The van der Waals surface area contributed by atoms with Crippen LogP contribution in [0.15, 0.2) is 24.3 Å². The van der Waals surface area contributed by atoms with Gasteiger partial charge in [0.25, 0.3) is 0 Å². The van der Waals surface area contributed by atoms with Crippen LogP contribution >= 0.6 is 0 Å². The maximum absolute atomic E-state index is 14.4. The fraction of sp³-hybridized carbons (Fsp3) is 0.609. The minimum absolute atomic E-state index is 0.00188. The van der Waals surface area contributed by atoms with E-state index in [1.165, 1.54) is 24.0 Å². The van der Waals surface area contributed by atoms with Crippen molar-refractivity contribution in [2.45, 2.75) is 122 Å². The highest BCUT2D eigenvalue weighted by Gasteiger charge is 2.40. The topological polar surface area (TPSA) is 349 Å². The summed E-state index contributed by atoms with van der Waals surface area (Å²) in [7, 11) is 0. The zero-order valence-electron chi connectivity index (χ0n) is 38.3. The largest absolute Gasteiger partial charge is 0.508 e. The molecule has 1 aliphatic heterocycles. The maximum Gasteiger partial charge on any atom is 0.228 e. The summed E-state index contributed by atoms with van der Waals surface area (Å²) in [5.74, 6) is -14.3. The number of carbonyl (C=O) groups excluding carboxylic acids is 12. The fourth-order valence-electron chi connectivity index (χ4n) is 7.69. The van der Waals surface area contributed by atoms with Crippen molar-refractivity contribution in [1.82, 2.24) is 26.2 Å². The number of amides is 7. The number of nitrogens with zero attached hydrogens (tertiary/aromatic N) is 1. The number of Topliss-reactive ketones (excluding diaryl/α,β-unsaturated/α-hetero) is 5. The predicted octanol–water partition coefficient (Wildman–Crippen LogP) is -1.01. The molecular weight excluding hydrogens is 875 g/mol. The zero-order valence-corrected chi connectivity index (χ0v) is 38.3. The van der Waals surface area contributed by atoms with Gasteiger partial charge in [-0.3, -0.25) is 57.5 Å². The van der Waals surface area contributed by atoms with E-state index in [1.807, 2.05) is 0 Å². The SMILES string of the molecule is CC[C@H](C)[C@@H]1NC(=O)[C@H](Cc2ccc(O)cc2)CC(=O)CCC(=O)NC[C@@H](C(=O)N(CC(=O)C[C@@H](CO)C(=O)NCC(C)=O)C2CC2)CC(=O)[C@H](CC(N)=O)NC(=O)[C@H](CCC(N)=O)CC1=O. The quantitative estimate of drug-likeness (QED) is 0.0825. The Morgan fingerprint density at radius 3 is 2.10 bits per heavy atom. The summed E-state index contributed by atoms with van der Waals surface area (Å²) in [6, 6.07) is 2.60. The van der Waals surface area contributed by atoms with Gasteiger partial charge in [-0.25, -0.2) is 0 Å². The maximum atomic E-state index is 14.4. The average molecular weight is 940 g/mol. The molecule has 2 fully saturated rings. The molecule has 21 nitrogen and oxygen atoms in total. The van der Waals surface area contributed by atoms with Gasteiger partial charge in [-0.2, -0.15) is 0 Å². The second-order valence-corrected chi connectivity index (χ2v) is 17.7. The van der Waals surface area contributed by atoms with Gasteiger partial charge in [-0.1, -0.05) is 32.4 Å². The molecular formula is C46H65N7O14. The first-order valence-corrected chi connectivity index (χ1v) is 22.6. The van der Waals surface area contributed by atoms with Crippen LogP contribution in [0.4, 0.5) is 0 Å². The normalized spacial score (nSPS) is 22.5. The van der Waals surface area contributed by atoms with Crippen LogP contribution in [0.3, 0.4) is 0 Å². The number of benzene rings is 1. The van der Waals surface area contributed by atoms with Gasteiger partial charge in [0.2, 0.25) is 41.4 Å². The number of primary amides is 2. The second-order valence-electron chi connectivity index (χ2n) is 17.7. The molecule has 2 aliphatic rings. The van der Waals surface area contributed by atoms with Crippen molar-refractivity contribution in [3.05, 3.63) is 29.8 Å². The van der Waals surface area contributed by atoms with Crippen LogP contribution in [0.1, 0.15) is 103 Å². The minimum Gasteiger partial charge on any atom is -0.508 e. The number of phenolic OH excluding ortho intramolecular Hbond substituents is 1. The summed E-state index contributed by atoms with van der Waals surface area (Å²) in [6.07, 6.45) is -2.98. The Morgan fingerprint density at radius 1 is 0.866 bits per heavy atom. The molecule has 0 bridgehead atoms. The summed E-state index contributed by atoms with van der Waals surface area (Å²) < 4.78 is 0. The van der Waals surface area contributed by atoms with Crippen LogP contribution in [-0.4, -0.2) is 130 Å². The summed E-state index contributed by atoms with van der Waals surface area (Å²) in [5, 5.41) is 29.8. The van der Waals surface area contributed by atoms with Gasteiger partial charge in [-0.05, 0) is 56.2 Å². The first-order chi connectivity index (χ1) is 31.6. The molecule has 0 spiro atoms. The summed E-state index contributed by atoms with van der Waals surface area (Å²) in [4.78, 5) is 160. The van der Waals surface area contributed by atoms with Gasteiger partial charge < -0.3 is 47.8 Å². The third kappa shape index (κ3) is 18.8. The van der Waals surface area contributed by atoms with Crippen molar-refractivity contribution in [2.24, 2.45) is 41.1 Å². The molecule has 3 rings (SSSR count). The molecule has 0 radical (unpaired) electrons. The summed E-state index contributed by atoms with van der Waals surface area (Å²) in [6.45, 7) is 2.56. The molecule has 67 heavy (non-hydrogen) atoms. The number of hydrogen-bond donors (Lipinski definition) is 8. The van der Waals surface area contributed by atoms with E-state index in [1.54, 1.807) is 26.0 Å². The van der Waals surface area contributed by atoms with E-state index >= 15 is 0 Å². The van der Waals surface area contributed by atoms with Gasteiger partial charge in [0, 0.05) is 69.4 Å². The lowest BCUT2D eigenvalue weighted by Gasteiger charge is -2.29. The standard InChI is InChI=1S/C46H65N7O14/c1-4-25(2)42-38(60)18-28(7-13-39(47)61)44(65)51-36(20-40(48)62)37(59)19-30(46(67)53(32-8-9-32)23-35(58)17-31(24-54)43(64)50-21-26(3)55)22-49-41(63)14-12-34(57)16-29(45(66)52-42)15-27-5-10-33(56)11-6-27/h5-6,10-11,25,28-32,36,42,54,56H,4,7-9,12-24H2,1-3H3,(H2,47,61)(H2,48,62)(H,49,63)(H,50,64)(H,51,65)(H,52,66)/t25-,28+,29+,30-,31-,36-,42-/m0/s1. The van der Waals surface area contributed by atoms with E-state index < -0.39 is 164 Å². The molecule has 0 aromatic heterocycles. The van der Waals surface area contributed by atoms with Crippen molar-refractivity contribution in [2.75, 3.05) is 26.2 Å². The highest BCUT2D eigenvalue weighted by Crippen LogP contribution is 2.30. The molecule has 21 heteroatoms. The van der Waals surface area contributed by atoms with E-state index in [9.17, 15) is 67.7 Å². The Kier molecular flexibility index (Phi) is 21.9. The summed E-state index contributed by atoms with van der Waals surface area (Å²) >= 11 is 0. The number of rotatable bonds is 19. The first-order valence-electron chi connectivity index (χ1n) is 22.6. The molecule has 7 atom stereocenters. The first kappa shape index (κ1) is 55.0. The molecule has 7 amide bonds. The lowest BCUT2D eigenvalue weighted by atomic mass is 9.86. The number of phenols is 1. The van der Waals surface area contributed by atoms with Crippen LogP contribution in [-0.2, 0) is 64.0 Å². The van der Waals surface area contributed by atoms with Gasteiger partial charge in [0.1, 0.15) is 17.3 Å². The van der Waals surface area contributed by atoms with Crippen LogP contribution in [0.2, 0.25) is 0 Å². The number of aliphatic hydroxyl groups is 1. The van der Waals surface area contributed by atoms with Gasteiger partial charge >= 0.3 is 0 Å². The molecule has 1 saturated heterocycles. The molecule has 1 aromatic rings. The third-order valence-corrected chi connectivity index (χ3v) is 12.0. The molecule has 368 valence electrons. The van der Waals surface area contributed by atoms with E-state index in [0.29, 0.717) is 24.8 Å². The van der Waals surface area contributed by atoms with Gasteiger partial charge in [0.15, 0.2) is 17.3 Å². The van der Waals surface area contributed by atoms with Crippen LogP contribution in [0.25, 0.3) is 0 Å². The highest BCUT2D eigenvalue weighted by molar-refractivity contribution is 5.99. The van der Waals surface area contributed by atoms with Crippen LogP contribution in [0.5, 0.6) is 5.75 Å². The van der Waals surface area contributed by atoms with Gasteiger partial charge in [-0.15, -0.1) is 0 Å². The Bertz CT molecular complexity index is 2020. The average Bonchev–Trinajstić information content (AvgIpc) is 4.12. The Balaban J connectivity index is 2.04. The van der Waals surface area contributed by atoms with E-state index in [2.05, 4.69) is 21.3 Å². The summed E-state index contributed by atoms with van der Waals surface area (Å²) in [5.41, 5.74) is 11.5. The van der Waals surface area contributed by atoms with E-state index in [4.69, 9.17) is 11.5 Å². The number of ketones is 5. The van der Waals surface area contributed by atoms with E-state index in [0.717, 1.165) is 0 Å². The van der Waals surface area contributed by atoms with E-state index in [-0.39, 0.29) is 50.2 Å². The monoisotopic (exact) mass is 939 g/mol. The third-order valence-electron chi connectivity index (χ3n) is 12.0. The number of aromatic hydroxyl groups is 1. The predicted molar refractivity (Wildman–Crippen MR) is 238 cm³/mol. The number of hydrogen-bond acceptors (Lipinski definition) is 14. The number of carbonyl (C=O) groups is 12. The Morgan fingerprint density at radius 2 is 1.52 bits per heavy atom. The zero-order chi connectivity index (χ0) is 50.0. The van der Waals surface area contributed by atoms with Crippen molar-refractivity contribution in [1.29, 1.82) is 0 Å². The minimum atomic E-state index is -1.68. The molecule has 1 saturated carbocycles. The van der Waals surface area contributed by atoms with Gasteiger partial charge in [0.05, 0.1) is 50.0 Å². The Labute approximate surface area is 388 Å². The molecule has 10 N–H and O–H groups in total. The number of nitrogens with two attached hydrogens (primary N) is 2. The molecule has 1 aliphatic carbocycles. The molecule has 0 unspecified atom stereocenters. The number of aliphatic hydroxyl groups excluding tert-OH is 1.